The van der Waals surface area contributed by atoms with Crippen molar-refractivity contribution in [3.05, 3.63) is 91.9 Å². The largest absolute Gasteiger partial charge is 0.444 e. The van der Waals surface area contributed by atoms with E-state index < -0.39 is 41.1 Å². The molecule has 0 radical (unpaired) electrons. The summed E-state index contributed by atoms with van der Waals surface area (Å²) in [4.78, 5) is 43.8. The molecule has 1 aromatic heterocycles. The van der Waals surface area contributed by atoms with Crippen molar-refractivity contribution in [2.45, 2.75) is 52.4 Å². The second-order valence-electron chi connectivity index (χ2n) is 10.9. The van der Waals surface area contributed by atoms with Gasteiger partial charge in [0.25, 0.3) is 5.56 Å². The average molecular weight is 650 g/mol. The number of aryl methyl sites for hydroxylation is 1. The number of fused-ring (bicyclic) bond motifs is 1. The number of anilines is 2. The Morgan fingerprint density at radius 3 is 2.23 bits per heavy atom. The molecule has 14 heteroatoms. The van der Waals surface area contributed by atoms with Crippen LogP contribution in [0.2, 0.25) is 10.0 Å². The maximum absolute atomic E-state index is 13.9. The van der Waals surface area contributed by atoms with E-state index in [1.54, 1.807) is 39.8 Å². The van der Waals surface area contributed by atoms with Crippen LogP contribution < -0.4 is 21.5 Å². The van der Waals surface area contributed by atoms with E-state index in [0.29, 0.717) is 0 Å². The number of carbonyl (C=O) groups excluding carboxylic acids is 2. The maximum Gasteiger partial charge on any atom is 0.416 e. The van der Waals surface area contributed by atoms with Crippen molar-refractivity contribution in [3.63, 3.8) is 0 Å². The van der Waals surface area contributed by atoms with E-state index in [4.69, 9.17) is 27.9 Å². The van der Waals surface area contributed by atoms with Gasteiger partial charge in [0.05, 0.1) is 38.2 Å². The number of hydrogen-bond acceptors (Lipinski definition) is 5. The number of alkyl carbamates (subject to hydrolysis) is 1. The van der Waals surface area contributed by atoms with Crippen LogP contribution >= 0.6 is 23.2 Å². The van der Waals surface area contributed by atoms with E-state index in [0.717, 1.165) is 6.07 Å². The van der Waals surface area contributed by atoms with Gasteiger partial charge in [0, 0.05) is 11.4 Å². The fraction of sp³-hybridized carbons (Fsp3) is 0.267. The summed E-state index contributed by atoms with van der Waals surface area (Å²) in [7, 11) is 0. The van der Waals surface area contributed by atoms with Crippen molar-refractivity contribution in [3.8, 4) is 5.69 Å². The summed E-state index contributed by atoms with van der Waals surface area (Å²) in [5.74, 6) is 0.0819. The number of urea groups is 1. The summed E-state index contributed by atoms with van der Waals surface area (Å²) < 4.78 is 46.5. The lowest BCUT2D eigenvalue weighted by atomic mass is 10.1. The van der Waals surface area contributed by atoms with Gasteiger partial charge in [-0.1, -0.05) is 35.3 Å². The van der Waals surface area contributed by atoms with Gasteiger partial charge in [-0.15, -0.1) is 0 Å². The van der Waals surface area contributed by atoms with Gasteiger partial charge in [-0.2, -0.15) is 13.2 Å². The molecule has 4 aromatic rings. The number of hydrogen-bond donors (Lipinski definition) is 3. The Kier molecular flexibility index (Phi) is 9.17. The third-order valence-electron chi connectivity index (χ3n) is 6.23. The monoisotopic (exact) mass is 649 g/mol. The topological polar surface area (TPSA) is 114 Å². The van der Waals surface area contributed by atoms with Crippen LogP contribution in [0.5, 0.6) is 0 Å². The second-order valence-corrected chi connectivity index (χ2v) is 11.7. The molecule has 0 unspecified atom stereocenters. The zero-order valence-corrected chi connectivity index (χ0v) is 25.7. The predicted molar refractivity (Wildman–Crippen MR) is 164 cm³/mol. The lowest BCUT2D eigenvalue weighted by molar-refractivity contribution is -0.138. The fourth-order valence-corrected chi connectivity index (χ4v) is 4.78. The third-order valence-corrected chi connectivity index (χ3v) is 6.85. The van der Waals surface area contributed by atoms with Crippen LogP contribution in [0.4, 0.5) is 34.1 Å². The minimum atomic E-state index is -4.59. The minimum Gasteiger partial charge on any atom is -0.444 e. The Hall–Kier alpha value is -4.29. The Morgan fingerprint density at radius 1 is 0.955 bits per heavy atom. The van der Waals surface area contributed by atoms with Gasteiger partial charge < -0.3 is 20.7 Å². The molecule has 0 aliphatic rings. The van der Waals surface area contributed by atoms with Gasteiger partial charge >= 0.3 is 18.3 Å². The second kappa shape index (κ2) is 12.4. The molecule has 0 aliphatic carbocycles. The van der Waals surface area contributed by atoms with Crippen LogP contribution in [0.1, 0.15) is 50.7 Å². The van der Waals surface area contributed by atoms with Crippen LogP contribution in [0.25, 0.3) is 16.6 Å². The molecule has 3 amide bonds. The number of nitrogens with zero attached hydrogens (tertiary/aromatic N) is 2. The zero-order valence-electron chi connectivity index (χ0n) is 24.2. The van der Waals surface area contributed by atoms with E-state index in [2.05, 4.69) is 20.9 Å². The first-order valence-electron chi connectivity index (χ1n) is 13.2. The normalized spacial score (nSPS) is 12.5. The molecule has 0 fully saturated rings. The molecule has 3 N–H and O–H groups in total. The first-order chi connectivity index (χ1) is 20.4. The van der Waals surface area contributed by atoms with Crippen LogP contribution in [0, 0.1) is 6.92 Å². The molecule has 44 heavy (non-hydrogen) atoms. The van der Waals surface area contributed by atoms with Crippen LogP contribution in [0.3, 0.4) is 0 Å². The molecule has 9 nitrogen and oxygen atoms in total. The molecular formula is C30H28Cl2F3N5O4. The smallest absolute Gasteiger partial charge is 0.416 e. The molecule has 0 aliphatic heterocycles. The summed E-state index contributed by atoms with van der Waals surface area (Å²) in [5.41, 5.74) is -1.76. The summed E-state index contributed by atoms with van der Waals surface area (Å²) in [6.07, 6.45) is -5.34. The van der Waals surface area contributed by atoms with E-state index in [1.165, 1.54) is 47.9 Å². The van der Waals surface area contributed by atoms with Crippen molar-refractivity contribution >= 4 is 57.6 Å². The number of ether oxygens (including phenoxy) is 1. The Labute approximate surface area is 260 Å². The number of alkyl halides is 3. The Morgan fingerprint density at radius 2 is 1.59 bits per heavy atom. The van der Waals surface area contributed by atoms with E-state index >= 15 is 0 Å². The third kappa shape index (κ3) is 7.43. The van der Waals surface area contributed by atoms with Crippen molar-refractivity contribution in [1.82, 2.24) is 14.9 Å². The number of halogens is 5. The summed E-state index contributed by atoms with van der Waals surface area (Å²) in [6, 6.07) is 10.8. The molecule has 1 atom stereocenters. The summed E-state index contributed by atoms with van der Waals surface area (Å²) in [5, 5.41) is 7.89. The van der Waals surface area contributed by atoms with Crippen LogP contribution in [-0.4, -0.2) is 27.3 Å². The Bertz CT molecular complexity index is 1820. The van der Waals surface area contributed by atoms with Crippen molar-refractivity contribution in [1.29, 1.82) is 0 Å². The molecule has 4 rings (SSSR count). The van der Waals surface area contributed by atoms with E-state index in [-0.39, 0.29) is 49.4 Å². The number of rotatable bonds is 5. The predicted octanol–water partition coefficient (Wildman–Crippen LogP) is 8.25. The van der Waals surface area contributed by atoms with Crippen molar-refractivity contribution < 1.29 is 27.5 Å². The van der Waals surface area contributed by atoms with Gasteiger partial charge in [-0.25, -0.2) is 14.6 Å². The number of aromatic nitrogens is 2. The molecule has 232 valence electrons. The van der Waals surface area contributed by atoms with Gasteiger partial charge in [-0.3, -0.25) is 9.36 Å². The highest BCUT2D eigenvalue weighted by Gasteiger charge is 2.32. The SMILES string of the molecule is Cc1ccc(NC(=O)Nc2cccc(-n3c([C@H](C)NC(=O)OC(C)(C)C)nc4c(Cl)ccc(Cl)c4c3=O)c2)cc1C(F)(F)F. The molecular weight excluding hydrogens is 622 g/mol. The first kappa shape index (κ1) is 32.6. The average Bonchev–Trinajstić information content (AvgIpc) is 2.89. The standard InChI is InChI=1S/C30H28Cl2F3N5O4/c1-15-9-10-18(14-20(15)30(33,34)35)38-27(42)37-17-7-6-8-19(13-17)40-25(16(2)36-28(43)44-29(3,4)5)39-24-22(32)12-11-21(31)23(24)26(40)41/h6-14,16H,1-5H3,(H,36,43)(H2,37,38,42)/t16-/m0/s1. The lowest BCUT2D eigenvalue weighted by Crippen LogP contribution is -2.37. The molecule has 0 spiro atoms. The van der Waals surface area contributed by atoms with Crippen LogP contribution in [0.15, 0.2) is 59.4 Å². The fourth-order valence-electron chi connectivity index (χ4n) is 4.34. The maximum atomic E-state index is 13.9. The van der Waals surface area contributed by atoms with Gasteiger partial charge in [0.15, 0.2) is 0 Å². The zero-order chi connectivity index (χ0) is 32.6. The van der Waals surface area contributed by atoms with E-state index in [9.17, 15) is 27.6 Å². The highest BCUT2D eigenvalue weighted by Crippen LogP contribution is 2.34. The molecule has 0 bridgehead atoms. The quantitative estimate of drug-likeness (QED) is 0.201. The number of amides is 3. The highest BCUT2D eigenvalue weighted by molar-refractivity contribution is 6.39. The number of benzene rings is 3. The van der Waals surface area contributed by atoms with Gasteiger partial charge in [-0.05, 0) is 82.6 Å². The number of nitrogens with one attached hydrogen (secondary N) is 3. The number of carbonyl (C=O) groups is 2. The van der Waals surface area contributed by atoms with Crippen molar-refractivity contribution in [2.75, 3.05) is 10.6 Å². The van der Waals surface area contributed by atoms with Gasteiger partial charge in [0.2, 0.25) is 0 Å². The lowest BCUT2D eigenvalue weighted by Gasteiger charge is -2.23. The first-order valence-corrected chi connectivity index (χ1v) is 14.0. The van der Waals surface area contributed by atoms with Crippen molar-refractivity contribution in [2.24, 2.45) is 0 Å². The Balaban J connectivity index is 1.73. The molecule has 0 saturated heterocycles. The van der Waals surface area contributed by atoms with Gasteiger partial charge in [0.1, 0.15) is 11.4 Å². The molecule has 0 saturated carbocycles. The summed E-state index contributed by atoms with van der Waals surface area (Å²) in [6.45, 7) is 8.02. The van der Waals surface area contributed by atoms with Crippen LogP contribution in [-0.2, 0) is 10.9 Å². The minimum absolute atomic E-state index is 0.0122. The summed E-state index contributed by atoms with van der Waals surface area (Å²) >= 11 is 12.7. The highest BCUT2D eigenvalue weighted by atomic mass is 35.5. The molecule has 1 heterocycles. The molecule has 3 aromatic carbocycles. The van der Waals surface area contributed by atoms with E-state index in [1.807, 2.05) is 0 Å².